The zero-order valence-corrected chi connectivity index (χ0v) is 18.5. The highest BCUT2D eigenvalue weighted by molar-refractivity contribution is 7.92. The molecule has 1 atom stereocenters. The summed E-state index contributed by atoms with van der Waals surface area (Å²) in [6.07, 6.45) is 1.05. The van der Waals surface area contributed by atoms with Crippen LogP contribution < -0.4 is 19.3 Å². The summed E-state index contributed by atoms with van der Waals surface area (Å²) in [5.74, 6) is 0.0220. The van der Waals surface area contributed by atoms with E-state index in [2.05, 4.69) is 5.32 Å². The van der Waals surface area contributed by atoms with Gasteiger partial charge in [0.25, 0.3) is 0 Å². The summed E-state index contributed by atoms with van der Waals surface area (Å²) < 4.78 is 30.9. The monoisotopic (exact) mass is 439 g/mol. The summed E-state index contributed by atoms with van der Waals surface area (Å²) >= 11 is 6.13. The number of anilines is 2. The Hall–Kier alpha value is -2.45. The van der Waals surface area contributed by atoms with E-state index in [0.29, 0.717) is 24.5 Å². The van der Waals surface area contributed by atoms with Crippen LogP contribution in [0.15, 0.2) is 48.5 Å². The number of benzene rings is 2. The quantitative estimate of drug-likeness (QED) is 0.650. The van der Waals surface area contributed by atoms with Crippen molar-refractivity contribution in [3.05, 3.63) is 53.6 Å². The van der Waals surface area contributed by atoms with E-state index in [4.69, 9.17) is 16.3 Å². The Morgan fingerprint density at radius 1 is 1.17 bits per heavy atom. The molecule has 0 spiro atoms. The molecule has 0 aliphatic carbocycles. The van der Waals surface area contributed by atoms with Crippen LogP contribution >= 0.6 is 11.6 Å². The molecule has 0 bridgehead atoms. The van der Waals surface area contributed by atoms with E-state index in [0.717, 1.165) is 16.2 Å². The number of ether oxygens (including phenoxy) is 1. The second-order valence-electron chi connectivity index (χ2n) is 6.60. The van der Waals surface area contributed by atoms with E-state index in [1.165, 1.54) is 20.1 Å². The molecule has 0 saturated heterocycles. The number of sulfonamides is 1. The third-order valence-corrected chi connectivity index (χ3v) is 5.96. The van der Waals surface area contributed by atoms with Crippen molar-refractivity contribution in [3.8, 4) is 5.75 Å². The fourth-order valence-electron chi connectivity index (χ4n) is 2.91. The number of halogens is 1. The first-order chi connectivity index (χ1) is 13.6. The lowest BCUT2D eigenvalue weighted by Gasteiger charge is -2.29. The lowest BCUT2D eigenvalue weighted by molar-refractivity contribution is -0.121. The van der Waals surface area contributed by atoms with Crippen molar-refractivity contribution >= 4 is 38.9 Å². The summed E-state index contributed by atoms with van der Waals surface area (Å²) in [5, 5.41) is 3.06. The minimum atomic E-state index is -3.72. The molecule has 2 rings (SSSR count). The Bertz CT molecular complexity index is 938. The van der Waals surface area contributed by atoms with Crippen molar-refractivity contribution in [1.29, 1.82) is 0 Å². The molecule has 2 aromatic rings. The molecule has 0 aliphatic heterocycles. The molecule has 0 radical (unpaired) electrons. The summed E-state index contributed by atoms with van der Waals surface area (Å²) in [4.78, 5) is 14.6. The molecule has 9 heteroatoms. The SMILES string of the molecule is COc1ccc(N(C(C)C(=O)NCCN(C)c2ccccc2)S(C)(=O)=O)cc1Cl. The Morgan fingerprint density at radius 3 is 2.38 bits per heavy atom. The number of para-hydroxylation sites is 1. The van der Waals surface area contributed by atoms with Gasteiger partial charge >= 0.3 is 0 Å². The second-order valence-corrected chi connectivity index (χ2v) is 8.87. The molecular weight excluding hydrogens is 414 g/mol. The minimum absolute atomic E-state index is 0.260. The molecule has 0 fully saturated rings. The molecular formula is C20H26ClN3O4S. The molecule has 29 heavy (non-hydrogen) atoms. The molecule has 1 N–H and O–H groups in total. The van der Waals surface area contributed by atoms with Gasteiger partial charge in [0.15, 0.2) is 0 Å². The number of hydrogen-bond donors (Lipinski definition) is 1. The standard InChI is InChI=1S/C20H26ClN3O4S/c1-15(20(25)22-12-13-23(2)16-8-6-5-7-9-16)24(29(4,26)27)17-10-11-19(28-3)18(21)14-17/h5-11,14-15H,12-13H2,1-4H3,(H,22,25). The maximum Gasteiger partial charge on any atom is 0.243 e. The molecule has 158 valence electrons. The maximum absolute atomic E-state index is 12.6. The van der Waals surface area contributed by atoms with Gasteiger partial charge in [0.05, 0.1) is 24.1 Å². The van der Waals surface area contributed by atoms with Gasteiger partial charge in [-0.15, -0.1) is 0 Å². The Morgan fingerprint density at radius 2 is 1.83 bits per heavy atom. The lowest BCUT2D eigenvalue weighted by atomic mass is 10.2. The van der Waals surface area contributed by atoms with Gasteiger partial charge in [-0.3, -0.25) is 9.10 Å². The number of amides is 1. The van der Waals surface area contributed by atoms with Crippen LogP contribution in [-0.2, 0) is 14.8 Å². The molecule has 2 aromatic carbocycles. The van der Waals surface area contributed by atoms with E-state index in [1.807, 2.05) is 42.3 Å². The van der Waals surface area contributed by atoms with Gasteiger partial charge in [-0.25, -0.2) is 8.42 Å². The molecule has 0 saturated carbocycles. The molecule has 1 unspecified atom stereocenters. The summed E-state index contributed by atoms with van der Waals surface area (Å²) in [5.41, 5.74) is 1.32. The zero-order valence-electron chi connectivity index (χ0n) is 16.9. The van der Waals surface area contributed by atoms with E-state index in [9.17, 15) is 13.2 Å². The Labute approximate surface area is 177 Å². The predicted molar refractivity (Wildman–Crippen MR) is 118 cm³/mol. The first-order valence-electron chi connectivity index (χ1n) is 9.02. The van der Waals surface area contributed by atoms with Gasteiger partial charge in [-0.05, 0) is 37.3 Å². The number of carbonyl (C=O) groups is 1. The number of nitrogens with zero attached hydrogens (tertiary/aromatic N) is 2. The molecule has 7 nitrogen and oxygen atoms in total. The van der Waals surface area contributed by atoms with Crippen LogP contribution in [-0.4, -0.2) is 53.9 Å². The van der Waals surface area contributed by atoms with E-state index in [-0.39, 0.29) is 5.02 Å². The number of likely N-dealkylation sites (N-methyl/N-ethyl adjacent to an activating group) is 1. The van der Waals surface area contributed by atoms with Gasteiger partial charge in [-0.2, -0.15) is 0 Å². The maximum atomic E-state index is 12.6. The number of methoxy groups -OCH3 is 1. The summed E-state index contributed by atoms with van der Waals surface area (Å²) in [6, 6.07) is 13.4. The molecule has 0 aromatic heterocycles. The molecule has 1 amide bonds. The highest BCUT2D eigenvalue weighted by Gasteiger charge is 2.29. The van der Waals surface area contributed by atoms with Crippen molar-refractivity contribution < 1.29 is 17.9 Å². The van der Waals surface area contributed by atoms with E-state index >= 15 is 0 Å². The van der Waals surface area contributed by atoms with E-state index in [1.54, 1.807) is 12.1 Å². The highest BCUT2D eigenvalue weighted by Crippen LogP contribution is 2.31. The third-order valence-electron chi connectivity index (χ3n) is 4.42. The third kappa shape index (κ3) is 6.01. The van der Waals surface area contributed by atoms with Gasteiger partial charge in [0, 0.05) is 25.8 Å². The fraction of sp³-hybridized carbons (Fsp3) is 0.350. The Balaban J connectivity index is 2.08. The smallest absolute Gasteiger partial charge is 0.243 e. The van der Waals surface area contributed by atoms with Crippen molar-refractivity contribution in [2.75, 3.05) is 42.7 Å². The largest absolute Gasteiger partial charge is 0.495 e. The Kier molecular flexibility index (Phi) is 7.75. The highest BCUT2D eigenvalue weighted by atomic mass is 35.5. The van der Waals surface area contributed by atoms with Crippen LogP contribution in [0.2, 0.25) is 5.02 Å². The van der Waals surface area contributed by atoms with Gasteiger partial charge in [-0.1, -0.05) is 29.8 Å². The van der Waals surface area contributed by atoms with E-state index < -0.39 is 22.0 Å². The van der Waals surface area contributed by atoms with Crippen LogP contribution in [0.5, 0.6) is 5.75 Å². The fourth-order valence-corrected chi connectivity index (χ4v) is 4.33. The van der Waals surface area contributed by atoms with Crippen molar-refractivity contribution in [2.24, 2.45) is 0 Å². The van der Waals surface area contributed by atoms with Crippen molar-refractivity contribution in [1.82, 2.24) is 5.32 Å². The summed E-state index contributed by atoms with van der Waals surface area (Å²) in [6.45, 7) is 2.49. The normalized spacial score (nSPS) is 12.2. The van der Waals surface area contributed by atoms with Crippen LogP contribution in [0.25, 0.3) is 0 Å². The number of rotatable bonds is 9. The number of nitrogens with one attached hydrogen (secondary N) is 1. The second kappa shape index (κ2) is 9.84. The number of carbonyl (C=O) groups excluding carboxylic acids is 1. The zero-order chi connectivity index (χ0) is 21.6. The lowest BCUT2D eigenvalue weighted by Crippen LogP contribution is -2.49. The van der Waals surface area contributed by atoms with Crippen LogP contribution in [0.3, 0.4) is 0 Å². The van der Waals surface area contributed by atoms with Crippen molar-refractivity contribution in [3.63, 3.8) is 0 Å². The first-order valence-corrected chi connectivity index (χ1v) is 11.2. The van der Waals surface area contributed by atoms with Crippen LogP contribution in [0.4, 0.5) is 11.4 Å². The topological polar surface area (TPSA) is 79.0 Å². The van der Waals surface area contributed by atoms with Gasteiger partial charge < -0.3 is 15.0 Å². The van der Waals surface area contributed by atoms with Crippen LogP contribution in [0.1, 0.15) is 6.92 Å². The van der Waals surface area contributed by atoms with Crippen LogP contribution in [0, 0.1) is 0 Å². The average Bonchev–Trinajstić information content (AvgIpc) is 2.67. The average molecular weight is 440 g/mol. The van der Waals surface area contributed by atoms with Gasteiger partial charge in [0.2, 0.25) is 15.9 Å². The summed E-state index contributed by atoms with van der Waals surface area (Å²) in [7, 11) is -0.327. The minimum Gasteiger partial charge on any atom is -0.495 e. The molecule has 0 heterocycles. The number of hydrogen-bond acceptors (Lipinski definition) is 5. The van der Waals surface area contributed by atoms with Gasteiger partial charge in [0.1, 0.15) is 11.8 Å². The van der Waals surface area contributed by atoms with Crippen molar-refractivity contribution in [2.45, 2.75) is 13.0 Å². The molecule has 0 aliphatic rings. The predicted octanol–water partition coefficient (Wildman–Crippen LogP) is 2.76. The first kappa shape index (κ1) is 22.8.